The Morgan fingerprint density at radius 3 is 3.00 bits per heavy atom. The number of hydrogen-bond donors (Lipinski definition) is 1. The first kappa shape index (κ1) is 13.1. The highest BCUT2D eigenvalue weighted by Crippen LogP contribution is 2.32. The standard InChI is InChI=1S/C14H21N3OS/c1-10-8-16(2)5-3-12(10)17-13(18)7-15-14(17)11-4-6-19-9-11/h4,6,9-10,12,14-15H,3,5,7-8H2,1-2H3. The van der Waals surface area contributed by atoms with Crippen LogP contribution >= 0.6 is 11.3 Å². The van der Waals surface area contributed by atoms with Crippen LogP contribution in [-0.4, -0.2) is 48.4 Å². The summed E-state index contributed by atoms with van der Waals surface area (Å²) < 4.78 is 0. The molecule has 5 heteroatoms. The summed E-state index contributed by atoms with van der Waals surface area (Å²) in [4.78, 5) is 16.7. The summed E-state index contributed by atoms with van der Waals surface area (Å²) >= 11 is 1.69. The Kier molecular flexibility index (Phi) is 3.60. The molecule has 2 aliphatic heterocycles. The minimum absolute atomic E-state index is 0.0783. The topological polar surface area (TPSA) is 35.6 Å². The number of carbonyl (C=O) groups excluding carboxylic acids is 1. The van der Waals surface area contributed by atoms with Gasteiger partial charge in [0.15, 0.2) is 0 Å². The smallest absolute Gasteiger partial charge is 0.238 e. The summed E-state index contributed by atoms with van der Waals surface area (Å²) in [5.41, 5.74) is 1.22. The number of carbonyl (C=O) groups is 1. The fourth-order valence-corrected chi connectivity index (χ4v) is 4.04. The second-order valence-corrected chi connectivity index (χ2v) is 6.52. The fraction of sp³-hybridized carbons (Fsp3) is 0.643. The van der Waals surface area contributed by atoms with Crippen LogP contribution in [0.25, 0.3) is 0 Å². The largest absolute Gasteiger partial charge is 0.318 e. The lowest BCUT2D eigenvalue weighted by atomic mass is 9.92. The Balaban J connectivity index is 1.82. The van der Waals surface area contributed by atoms with Crippen LogP contribution in [0.3, 0.4) is 0 Å². The van der Waals surface area contributed by atoms with Gasteiger partial charge < -0.3 is 9.80 Å². The lowest BCUT2D eigenvalue weighted by molar-refractivity contribution is -0.132. The molecule has 3 unspecified atom stereocenters. The van der Waals surface area contributed by atoms with E-state index < -0.39 is 0 Å². The molecule has 2 saturated heterocycles. The highest BCUT2D eigenvalue weighted by molar-refractivity contribution is 7.07. The first-order valence-electron chi connectivity index (χ1n) is 6.92. The quantitative estimate of drug-likeness (QED) is 0.891. The van der Waals surface area contributed by atoms with E-state index in [-0.39, 0.29) is 12.1 Å². The van der Waals surface area contributed by atoms with Crippen LogP contribution in [0.4, 0.5) is 0 Å². The van der Waals surface area contributed by atoms with E-state index in [1.54, 1.807) is 11.3 Å². The molecular weight excluding hydrogens is 258 g/mol. The third-order valence-electron chi connectivity index (χ3n) is 4.29. The average Bonchev–Trinajstić information content (AvgIpc) is 2.99. The van der Waals surface area contributed by atoms with Crippen molar-refractivity contribution in [3.05, 3.63) is 22.4 Å². The van der Waals surface area contributed by atoms with Gasteiger partial charge in [0.05, 0.1) is 6.54 Å². The first-order chi connectivity index (χ1) is 9.16. The van der Waals surface area contributed by atoms with Crippen LogP contribution in [0.5, 0.6) is 0 Å². The molecular formula is C14H21N3OS. The minimum Gasteiger partial charge on any atom is -0.318 e. The van der Waals surface area contributed by atoms with Gasteiger partial charge in [-0.1, -0.05) is 6.92 Å². The van der Waals surface area contributed by atoms with Crippen molar-refractivity contribution in [1.29, 1.82) is 0 Å². The summed E-state index contributed by atoms with van der Waals surface area (Å²) in [6, 6.07) is 2.48. The third-order valence-corrected chi connectivity index (χ3v) is 4.99. The predicted octanol–water partition coefficient (Wildman–Crippen LogP) is 1.52. The predicted molar refractivity (Wildman–Crippen MR) is 77.0 cm³/mol. The Bertz CT molecular complexity index is 448. The van der Waals surface area contributed by atoms with Crippen molar-refractivity contribution in [2.24, 2.45) is 5.92 Å². The van der Waals surface area contributed by atoms with E-state index in [0.29, 0.717) is 18.5 Å². The van der Waals surface area contributed by atoms with Gasteiger partial charge in [-0.05, 0) is 48.3 Å². The van der Waals surface area contributed by atoms with Gasteiger partial charge in [0.25, 0.3) is 0 Å². The molecule has 0 saturated carbocycles. The van der Waals surface area contributed by atoms with E-state index in [0.717, 1.165) is 19.5 Å². The molecule has 1 amide bonds. The number of rotatable bonds is 2. The highest BCUT2D eigenvalue weighted by atomic mass is 32.1. The van der Waals surface area contributed by atoms with E-state index in [1.165, 1.54) is 5.56 Å². The summed E-state index contributed by atoms with van der Waals surface area (Å²) in [5, 5.41) is 7.58. The van der Waals surface area contributed by atoms with Gasteiger partial charge in [-0.2, -0.15) is 11.3 Å². The fourth-order valence-electron chi connectivity index (χ4n) is 3.36. The maximum atomic E-state index is 12.3. The Hall–Kier alpha value is -0.910. The molecule has 1 aromatic heterocycles. The number of nitrogens with one attached hydrogen (secondary N) is 1. The zero-order valence-corrected chi connectivity index (χ0v) is 12.3. The lowest BCUT2D eigenvalue weighted by Crippen LogP contribution is -2.50. The molecule has 0 aromatic carbocycles. The van der Waals surface area contributed by atoms with E-state index in [1.807, 2.05) is 0 Å². The van der Waals surface area contributed by atoms with E-state index in [2.05, 4.69) is 45.9 Å². The SMILES string of the molecule is CC1CN(C)CCC1N1C(=O)CNC1c1ccsc1. The van der Waals surface area contributed by atoms with Crippen molar-refractivity contribution in [2.45, 2.75) is 25.6 Å². The van der Waals surface area contributed by atoms with Crippen LogP contribution in [0.1, 0.15) is 25.1 Å². The number of hydrogen-bond acceptors (Lipinski definition) is 4. The second kappa shape index (κ2) is 5.23. The van der Waals surface area contributed by atoms with E-state index in [9.17, 15) is 4.79 Å². The zero-order chi connectivity index (χ0) is 13.4. The molecule has 19 heavy (non-hydrogen) atoms. The van der Waals surface area contributed by atoms with Crippen molar-refractivity contribution in [3.8, 4) is 0 Å². The summed E-state index contributed by atoms with van der Waals surface area (Å²) in [7, 11) is 2.16. The lowest BCUT2D eigenvalue weighted by Gasteiger charge is -2.42. The maximum Gasteiger partial charge on any atom is 0.238 e. The van der Waals surface area contributed by atoms with Crippen LogP contribution in [0.15, 0.2) is 16.8 Å². The van der Waals surface area contributed by atoms with Crippen LogP contribution < -0.4 is 5.32 Å². The number of piperidine rings is 1. The maximum absolute atomic E-state index is 12.3. The van der Waals surface area contributed by atoms with Crippen molar-refractivity contribution in [3.63, 3.8) is 0 Å². The Morgan fingerprint density at radius 1 is 1.47 bits per heavy atom. The van der Waals surface area contributed by atoms with Gasteiger partial charge in [-0.15, -0.1) is 0 Å². The summed E-state index contributed by atoms with van der Waals surface area (Å²) in [6.45, 7) is 4.89. The molecule has 2 fully saturated rings. The van der Waals surface area contributed by atoms with Gasteiger partial charge in [-0.25, -0.2) is 0 Å². The number of amides is 1. The van der Waals surface area contributed by atoms with Crippen LogP contribution in [0.2, 0.25) is 0 Å². The molecule has 1 N–H and O–H groups in total. The molecule has 4 nitrogen and oxygen atoms in total. The Labute approximate surface area is 118 Å². The van der Waals surface area contributed by atoms with Gasteiger partial charge in [-0.3, -0.25) is 10.1 Å². The molecule has 104 valence electrons. The van der Waals surface area contributed by atoms with E-state index in [4.69, 9.17) is 0 Å². The third kappa shape index (κ3) is 2.42. The molecule has 0 bridgehead atoms. The van der Waals surface area contributed by atoms with Crippen molar-refractivity contribution in [2.75, 3.05) is 26.7 Å². The Morgan fingerprint density at radius 2 is 2.32 bits per heavy atom. The summed E-state index contributed by atoms with van der Waals surface area (Å²) in [6.07, 6.45) is 1.15. The van der Waals surface area contributed by atoms with Gasteiger partial charge in [0, 0.05) is 12.6 Å². The number of likely N-dealkylation sites (tertiary alicyclic amines) is 1. The van der Waals surface area contributed by atoms with Gasteiger partial charge >= 0.3 is 0 Å². The average molecular weight is 279 g/mol. The van der Waals surface area contributed by atoms with Gasteiger partial charge in [0.2, 0.25) is 5.91 Å². The monoisotopic (exact) mass is 279 g/mol. The highest BCUT2D eigenvalue weighted by Gasteiger charge is 2.40. The van der Waals surface area contributed by atoms with E-state index >= 15 is 0 Å². The normalized spacial score (nSPS) is 33.1. The molecule has 1 aromatic rings. The number of nitrogens with zero attached hydrogens (tertiary/aromatic N) is 2. The number of thiophene rings is 1. The summed E-state index contributed by atoms with van der Waals surface area (Å²) in [5.74, 6) is 0.779. The molecule has 0 aliphatic carbocycles. The molecule has 3 rings (SSSR count). The van der Waals surface area contributed by atoms with Crippen molar-refractivity contribution in [1.82, 2.24) is 15.1 Å². The van der Waals surface area contributed by atoms with Crippen LogP contribution in [0, 0.1) is 5.92 Å². The molecule has 2 aliphatic rings. The van der Waals surface area contributed by atoms with Crippen LogP contribution in [-0.2, 0) is 4.79 Å². The zero-order valence-electron chi connectivity index (χ0n) is 11.5. The van der Waals surface area contributed by atoms with Crippen molar-refractivity contribution >= 4 is 17.2 Å². The first-order valence-corrected chi connectivity index (χ1v) is 7.86. The van der Waals surface area contributed by atoms with Crippen molar-refractivity contribution < 1.29 is 4.79 Å². The molecule has 3 atom stereocenters. The van der Waals surface area contributed by atoms with Gasteiger partial charge in [0.1, 0.15) is 6.17 Å². The second-order valence-electron chi connectivity index (χ2n) is 5.74. The molecule has 0 spiro atoms. The minimum atomic E-state index is 0.0783. The molecule has 0 radical (unpaired) electrons. The molecule has 3 heterocycles.